The van der Waals surface area contributed by atoms with Crippen LogP contribution in [0, 0.1) is 5.92 Å². The molecule has 3 atom stereocenters. The van der Waals surface area contributed by atoms with Crippen LogP contribution in [0.1, 0.15) is 31.4 Å². The Hall–Kier alpha value is -1.39. The highest BCUT2D eigenvalue weighted by Crippen LogP contribution is 2.26. The van der Waals surface area contributed by atoms with E-state index in [4.69, 9.17) is 4.74 Å². The zero-order chi connectivity index (χ0) is 14.7. The first kappa shape index (κ1) is 14.5. The Labute approximate surface area is 126 Å². The van der Waals surface area contributed by atoms with Gasteiger partial charge < -0.3 is 15.0 Å². The molecule has 2 heterocycles. The molecule has 4 nitrogen and oxygen atoms in total. The third kappa shape index (κ3) is 3.44. The number of carbonyl (C=O) groups excluding carboxylic acids is 1. The van der Waals surface area contributed by atoms with E-state index in [-0.39, 0.29) is 18.1 Å². The molecule has 4 heteroatoms. The minimum Gasteiger partial charge on any atom is -0.367 e. The lowest BCUT2D eigenvalue weighted by atomic mass is 9.97. The number of rotatable bonds is 2. The summed E-state index contributed by atoms with van der Waals surface area (Å²) in [4.78, 5) is 14.7. The first-order valence-corrected chi connectivity index (χ1v) is 7.94. The third-order valence-corrected chi connectivity index (χ3v) is 4.39. The van der Waals surface area contributed by atoms with Crippen molar-refractivity contribution in [2.75, 3.05) is 26.2 Å². The van der Waals surface area contributed by atoms with E-state index in [2.05, 4.69) is 24.4 Å². The molecule has 2 saturated heterocycles. The van der Waals surface area contributed by atoms with Gasteiger partial charge in [0.2, 0.25) is 5.91 Å². The van der Waals surface area contributed by atoms with Gasteiger partial charge in [-0.15, -0.1) is 0 Å². The van der Waals surface area contributed by atoms with Crippen molar-refractivity contribution in [1.29, 1.82) is 0 Å². The predicted octanol–water partition coefficient (Wildman–Crippen LogP) is 1.97. The van der Waals surface area contributed by atoms with Gasteiger partial charge in [-0.1, -0.05) is 30.3 Å². The van der Waals surface area contributed by atoms with Gasteiger partial charge in [0.25, 0.3) is 0 Å². The highest BCUT2D eigenvalue weighted by molar-refractivity contribution is 5.79. The van der Waals surface area contributed by atoms with Gasteiger partial charge in [0.15, 0.2) is 0 Å². The number of nitrogens with zero attached hydrogens (tertiary/aromatic N) is 1. The van der Waals surface area contributed by atoms with E-state index < -0.39 is 0 Å². The van der Waals surface area contributed by atoms with Crippen LogP contribution < -0.4 is 5.32 Å². The normalized spacial score (nSPS) is 30.1. The summed E-state index contributed by atoms with van der Waals surface area (Å²) < 4.78 is 6.03. The van der Waals surface area contributed by atoms with E-state index in [1.807, 2.05) is 23.1 Å². The highest BCUT2D eigenvalue weighted by Gasteiger charge is 2.33. The fourth-order valence-corrected chi connectivity index (χ4v) is 3.30. The summed E-state index contributed by atoms with van der Waals surface area (Å²) in [7, 11) is 0. The van der Waals surface area contributed by atoms with Gasteiger partial charge in [0.05, 0.1) is 18.6 Å². The number of benzene rings is 1. The van der Waals surface area contributed by atoms with E-state index in [1.165, 1.54) is 0 Å². The maximum absolute atomic E-state index is 12.7. The second-order valence-corrected chi connectivity index (χ2v) is 6.13. The third-order valence-electron chi connectivity index (χ3n) is 4.39. The van der Waals surface area contributed by atoms with Gasteiger partial charge in [0.1, 0.15) is 6.10 Å². The van der Waals surface area contributed by atoms with Crippen molar-refractivity contribution >= 4 is 5.91 Å². The number of nitrogens with one attached hydrogen (secondary N) is 1. The van der Waals surface area contributed by atoms with E-state index in [9.17, 15) is 4.79 Å². The minimum absolute atomic E-state index is 0.00421. The molecule has 1 amide bonds. The van der Waals surface area contributed by atoms with Crippen LogP contribution in [0.25, 0.3) is 0 Å². The van der Waals surface area contributed by atoms with Gasteiger partial charge in [0, 0.05) is 13.1 Å². The SMILES string of the molecule is CC1CN(C(=O)C2CCCNC2)CC(c2ccccc2)O1. The van der Waals surface area contributed by atoms with Crippen LogP contribution in [0.2, 0.25) is 0 Å². The molecule has 2 aliphatic rings. The first-order chi connectivity index (χ1) is 10.2. The lowest BCUT2D eigenvalue weighted by Crippen LogP contribution is -2.50. The van der Waals surface area contributed by atoms with Gasteiger partial charge in [-0.05, 0) is 31.9 Å². The average molecular weight is 288 g/mol. The number of morpholine rings is 1. The maximum Gasteiger partial charge on any atom is 0.227 e. The van der Waals surface area contributed by atoms with E-state index in [0.717, 1.165) is 31.5 Å². The van der Waals surface area contributed by atoms with Gasteiger partial charge >= 0.3 is 0 Å². The van der Waals surface area contributed by atoms with Crippen LogP contribution in [0.5, 0.6) is 0 Å². The first-order valence-electron chi connectivity index (χ1n) is 7.94. The number of hydrogen-bond donors (Lipinski definition) is 1. The number of ether oxygens (including phenoxy) is 1. The largest absolute Gasteiger partial charge is 0.367 e. The molecule has 0 spiro atoms. The molecule has 3 unspecified atom stereocenters. The quantitative estimate of drug-likeness (QED) is 0.904. The molecule has 0 saturated carbocycles. The Balaban J connectivity index is 1.69. The summed E-state index contributed by atoms with van der Waals surface area (Å²) >= 11 is 0. The lowest BCUT2D eigenvalue weighted by Gasteiger charge is -2.39. The van der Waals surface area contributed by atoms with Gasteiger partial charge in [-0.3, -0.25) is 4.79 Å². The van der Waals surface area contributed by atoms with Crippen molar-refractivity contribution in [3.8, 4) is 0 Å². The number of hydrogen-bond acceptors (Lipinski definition) is 3. The minimum atomic E-state index is -0.00421. The standard InChI is InChI=1S/C17H24N2O2/c1-13-11-19(17(20)15-8-5-9-18-10-15)12-16(21-13)14-6-3-2-4-7-14/h2-4,6-7,13,15-16,18H,5,8-12H2,1H3. The average Bonchev–Trinajstić information content (AvgIpc) is 2.55. The molecular weight excluding hydrogens is 264 g/mol. The van der Waals surface area contributed by atoms with Crippen LogP contribution >= 0.6 is 0 Å². The van der Waals surface area contributed by atoms with Crippen molar-refractivity contribution in [2.24, 2.45) is 5.92 Å². The highest BCUT2D eigenvalue weighted by atomic mass is 16.5. The van der Waals surface area contributed by atoms with Crippen LogP contribution in [0.4, 0.5) is 0 Å². The Bertz CT molecular complexity index is 471. The number of amides is 1. The fourth-order valence-electron chi connectivity index (χ4n) is 3.30. The summed E-state index contributed by atoms with van der Waals surface area (Å²) in [5, 5.41) is 3.33. The summed E-state index contributed by atoms with van der Waals surface area (Å²) in [6.45, 7) is 5.29. The summed E-state index contributed by atoms with van der Waals surface area (Å²) in [5.74, 6) is 0.429. The van der Waals surface area contributed by atoms with Crippen molar-refractivity contribution < 1.29 is 9.53 Å². The van der Waals surface area contributed by atoms with Crippen molar-refractivity contribution in [2.45, 2.75) is 32.0 Å². The lowest BCUT2D eigenvalue weighted by molar-refractivity contribution is -0.149. The fraction of sp³-hybridized carbons (Fsp3) is 0.588. The Morgan fingerprint density at radius 1 is 1.29 bits per heavy atom. The molecule has 0 radical (unpaired) electrons. The molecule has 0 aromatic heterocycles. The van der Waals surface area contributed by atoms with Crippen LogP contribution in [-0.4, -0.2) is 43.1 Å². The molecule has 114 valence electrons. The second-order valence-electron chi connectivity index (χ2n) is 6.13. The van der Waals surface area contributed by atoms with Crippen molar-refractivity contribution in [3.63, 3.8) is 0 Å². The molecule has 0 bridgehead atoms. The molecule has 2 fully saturated rings. The number of piperidine rings is 1. The molecule has 2 aliphatic heterocycles. The molecule has 21 heavy (non-hydrogen) atoms. The molecular formula is C17H24N2O2. The zero-order valence-electron chi connectivity index (χ0n) is 12.6. The molecule has 1 aromatic carbocycles. The smallest absolute Gasteiger partial charge is 0.227 e. The summed E-state index contributed by atoms with van der Waals surface area (Å²) in [5.41, 5.74) is 1.16. The van der Waals surface area contributed by atoms with Crippen molar-refractivity contribution in [1.82, 2.24) is 10.2 Å². The molecule has 3 rings (SSSR count). The number of carbonyl (C=O) groups is 1. The van der Waals surface area contributed by atoms with Crippen LogP contribution in [-0.2, 0) is 9.53 Å². The van der Waals surface area contributed by atoms with E-state index in [0.29, 0.717) is 19.0 Å². The van der Waals surface area contributed by atoms with Crippen LogP contribution in [0.15, 0.2) is 30.3 Å². The summed E-state index contributed by atoms with van der Waals surface area (Å²) in [6, 6.07) is 10.2. The van der Waals surface area contributed by atoms with Gasteiger partial charge in [-0.2, -0.15) is 0 Å². The van der Waals surface area contributed by atoms with E-state index >= 15 is 0 Å². The molecule has 1 aromatic rings. The zero-order valence-corrected chi connectivity index (χ0v) is 12.6. The Kier molecular flexibility index (Phi) is 4.56. The Morgan fingerprint density at radius 2 is 2.10 bits per heavy atom. The molecule has 0 aliphatic carbocycles. The van der Waals surface area contributed by atoms with E-state index in [1.54, 1.807) is 0 Å². The Morgan fingerprint density at radius 3 is 2.81 bits per heavy atom. The van der Waals surface area contributed by atoms with Crippen LogP contribution in [0.3, 0.4) is 0 Å². The van der Waals surface area contributed by atoms with Gasteiger partial charge in [-0.25, -0.2) is 0 Å². The topological polar surface area (TPSA) is 41.6 Å². The summed E-state index contributed by atoms with van der Waals surface area (Å²) in [6.07, 6.45) is 2.19. The monoisotopic (exact) mass is 288 g/mol. The predicted molar refractivity (Wildman–Crippen MR) is 81.9 cm³/mol. The second kappa shape index (κ2) is 6.58. The van der Waals surface area contributed by atoms with Crippen molar-refractivity contribution in [3.05, 3.63) is 35.9 Å². The molecule has 1 N–H and O–H groups in total. The maximum atomic E-state index is 12.7.